The smallest absolute Gasteiger partial charge is 0.289 e. The van der Waals surface area contributed by atoms with Crippen LogP contribution in [0.4, 0.5) is 5.69 Å². The van der Waals surface area contributed by atoms with Gasteiger partial charge in [0.15, 0.2) is 11.5 Å². The van der Waals surface area contributed by atoms with E-state index >= 15 is 0 Å². The molecule has 0 bridgehead atoms. The first kappa shape index (κ1) is 19.6. The number of unbranched alkanes of at least 4 members (excludes halogenated alkanes) is 1. The maximum atomic E-state index is 12.9. The molecule has 0 fully saturated rings. The van der Waals surface area contributed by atoms with Gasteiger partial charge in [-0.15, -0.1) is 0 Å². The first-order chi connectivity index (χ1) is 13.6. The molecule has 1 aromatic carbocycles. The molecule has 7 nitrogen and oxygen atoms in total. The molecule has 1 N–H and O–H groups in total. The number of nitriles is 1. The summed E-state index contributed by atoms with van der Waals surface area (Å²) in [7, 11) is 1.77. The number of carbonyl (C=O) groups is 2. The van der Waals surface area contributed by atoms with Gasteiger partial charge < -0.3 is 14.8 Å². The van der Waals surface area contributed by atoms with Crippen LogP contribution in [0, 0.1) is 11.3 Å². The number of nitrogens with one attached hydrogen (secondary N) is 1. The van der Waals surface area contributed by atoms with Crippen LogP contribution in [0.1, 0.15) is 65.0 Å². The summed E-state index contributed by atoms with van der Waals surface area (Å²) in [5, 5.41) is 12.0. The lowest BCUT2D eigenvalue weighted by molar-refractivity contribution is 0.0775. The van der Waals surface area contributed by atoms with Crippen molar-refractivity contribution >= 4 is 17.5 Å². The minimum atomic E-state index is -0.386. The summed E-state index contributed by atoms with van der Waals surface area (Å²) in [5.41, 5.74) is 1.91. The molecule has 2 heterocycles. The van der Waals surface area contributed by atoms with Gasteiger partial charge in [-0.1, -0.05) is 25.5 Å². The average Bonchev–Trinajstić information content (AvgIpc) is 3.11. The van der Waals surface area contributed by atoms with Crippen LogP contribution < -0.4 is 5.32 Å². The second-order valence-corrected chi connectivity index (χ2v) is 7.03. The Hall–Kier alpha value is -3.14. The number of aromatic nitrogens is 2. The fourth-order valence-corrected chi connectivity index (χ4v) is 3.43. The van der Waals surface area contributed by atoms with Gasteiger partial charge in [0.2, 0.25) is 0 Å². The van der Waals surface area contributed by atoms with Crippen molar-refractivity contribution in [2.24, 2.45) is 0 Å². The molecule has 0 saturated heterocycles. The fraction of sp³-hybridized carbons (Fsp3) is 0.429. The number of imidazole rings is 1. The number of hydrogen-bond acceptors (Lipinski definition) is 4. The lowest BCUT2D eigenvalue weighted by Crippen LogP contribution is -2.31. The van der Waals surface area contributed by atoms with E-state index in [0.29, 0.717) is 36.6 Å². The number of rotatable bonds is 6. The molecule has 1 aliphatic rings. The number of nitrogens with zero attached hydrogens (tertiary/aromatic N) is 4. The van der Waals surface area contributed by atoms with E-state index in [4.69, 9.17) is 0 Å². The Morgan fingerprint density at radius 2 is 2.11 bits per heavy atom. The zero-order valence-electron chi connectivity index (χ0n) is 16.4. The maximum absolute atomic E-state index is 12.9. The van der Waals surface area contributed by atoms with Gasteiger partial charge in [-0.25, -0.2) is 4.98 Å². The summed E-state index contributed by atoms with van der Waals surface area (Å²) < 4.78 is 1.89. The summed E-state index contributed by atoms with van der Waals surface area (Å²) >= 11 is 0. The molecule has 3 rings (SSSR count). The lowest BCUT2D eigenvalue weighted by atomic mass is 10.1. The van der Waals surface area contributed by atoms with Gasteiger partial charge in [-0.05, 0) is 37.8 Å². The Morgan fingerprint density at radius 1 is 1.32 bits per heavy atom. The minimum absolute atomic E-state index is 0.159. The molecule has 0 saturated carbocycles. The maximum Gasteiger partial charge on any atom is 0.289 e. The van der Waals surface area contributed by atoms with Gasteiger partial charge in [-0.2, -0.15) is 5.26 Å². The van der Waals surface area contributed by atoms with E-state index in [1.165, 1.54) is 0 Å². The fourth-order valence-electron chi connectivity index (χ4n) is 3.43. The van der Waals surface area contributed by atoms with Crippen LogP contribution >= 0.6 is 0 Å². The van der Waals surface area contributed by atoms with Gasteiger partial charge in [-0.3, -0.25) is 9.59 Å². The Labute approximate surface area is 165 Å². The third-order valence-electron chi connectivity index (χ3n) is 5.01. The number of hydrogen-bond donors (Lipinski definition) is 1. The highest BCUT2D eigenvalue weighted by Crippen LogP contribution is 2.23. The number of fused-ring (bicyclic) bond motifs is 1. The van der Waals surface area contributed by atoms with Gasteiger partial charge in [0, 0.05) is 20.1 Å². The van der Waals surface area contributed by atoms with Crippen LogP contribution in [0.2, 0.25) is 0 Å². The predicted octanol–water partition coefficient (Wildman–Crippen LogP) is 3.22. The number of anilines is 1. The van der Waals surface area contributed by atoms with Crippen molar-refractivity contribution in [1.29, 1.82) is 5.26 Å². The van der Waals surface area contributed by atoms with Crippen molar-refractivity contribution in [2.75, 3.05) is 18.9 Å². The molecule has 2 aromatic rings. The molecular weight excluding hydrogens is 354 g/mol. The highest BCUT2D eigenvalue weighted by Gasteiger charge is 2.29. The van der Waals surface area contributed by atoms with Crippen LogP contribution in [-0.4, -0.2) is 39.9 Å². The molecule has 0 atom stereocenters. The van der Waals surface area contributed by atoms with Gasteiger partial charge in [0.05, 0.1) is 16.9 Å². The molecule has 0 unspecified atom stereocenters. The molecular formula is C21H25N5O2. The molecule has 0 aliphatic carbocycles. The Balaban J connectivity index is 1.91. The molecule has 7 heteroatoms. The normalized spacial score (nSPS) is 12.8. The van der Waals surface area contributed by atoms with Crippen LogP contribution in [0.3, 0.4) is 0 Å². The highest BCUT2D eigenvalue weighted by molar-refractivity contribution is 6.05. The van der Waals surface area contributed by atoms with Gasteiger partial charge in [0.25, 0.3) is 11.8 Å². The Bertz CT molecular complexity index is 925. The first-order valence-corrected chi connectivity index (χ1v) is 9.72. The third kappa shape index (κ3) is 3.91. The second-order valence-electron chi connectivity index (χ2n) is 7.03. The van der Waals surface area contributed by atoms with E-state index in [2.05, 4.69) is 23.3 Å². The average molecular weight is 379 g/mol. The van der Waals surface area contributed by atoms with Crippen molar-refractivity contribution in [2.45, 2.75) is 45.6 Å². The second kappa shape index (κ2) is 8.70. The molecule has 0 spiro atoms. The number of para-hydroxylation sites is 1. The standard InChI is InChI=1S/C21H25N5O2/c1-3-4-12-25(2)21(28)19-24-18(17-11-7-8-13-26(17)19)20(27)23-16-10-6-5-9-15(16)14-22/h5-6,9-10H,3-4,7-8,11-13H2,1-2H3,(H,23,27). The molecule has 2 amide bonds. The van der Waals surface area contributed by atoms with Crippen LogP contribution in [0.25, 0.3) is 0 Å². The third-order valence-corrected chi connectivity index (χ3v) is 5.01. The first-order valence-electron chi connectivity index (χ1n) is 9.72. The number of carbonyl (C=O) groups excluding carboxylic acids is 2. The summed E-state index contributed by atoms with van der Waals surface area (Å²) in [5.74, 6) is -0.219. The zero-order chi connectivity index (χ0) is 20.1. The Morgan fingerprint density at radius 3 is 2.86 bits per heavy atom. The summed E-state index contributed by atoms with van der Waals surface area (Å²) in [6, 6.07) is 8.91. The Kier molecular flexibility index (Phi) is 6.09. The topological polar surface area (TPSA) is 91.0 Å². The van der Waals surface area contributed by atoms with E-state index in [1.54, 1.807) is 36.2 Å². The van der Waals surface area contributed by atoms with Gasteiger partial charge in [0.1, 0.15) is 6.07 Å². The highest BCUT2D eigenvalue weighted by atomic mass is 16.2. The van der Waals surface area contributed by atoms with Crippen molar-refractivity contribution in [3.8, 4) is 6.07 Å². The summed E-state index contributed by atoms with van der Waals surface area (Å²) in [4.78, 5) is 31.9. The van der Waals surface area contributed by atoms with Gasteiger partial charge >= 0.3 is 0 Å². The number of amides is 2. The van der Waals surface area contributed by atoms with E-state index in [-0.39, 0.29) is 17.5 Å². The van der Waals surface area contributed by atoms with Crippen LogP contribution in [-0.2, 0) is 13.0 Å². The van der Waals surface area contributed by atoms with Crippen molar-refractivity contribution in [1.82, 2.24) is 14.5 Å². The van der Waals surface area contributed by atoms with Crippen molar-refractivity contribution in [3.05, 3.63) is 47.0 Å². The molecule has 28 heavy (non-hydrogen) atoms. The lowest BCUT2D eigenvalue weighted by Gasteiger charge is -2.20. The SMILES string of the molecule is CCCCN(C)C(=O)c1nc(C(=O)Nc2ccccc2C#N)c2n1CCCC2. The summed E-state index contributed by atoms with van der Waals surface area (Å²) in [6.45, 7) is 3.43. The van der Waals surface area contributed by atoms with E-state index < -0.39 is 0 Å². The largest absolute Gasteiger partial charge is 0.339 e. The van der Waals surface area contributed by atoms with E-state index in [0.717, 1.165) is 31.4 Å². The number of benzene rings is 1. The molecule has 1 aromatic heterocycles. The van der Waals surface area contributed by atoms with Crippen molar-refractivity contribution < 1.29 is 9.59 Å². The molecule has 1 aliphatic heterocycles. The quantitative estimate of drug-likeness (QED) is 0.834. The predicted molar refractivity (Wildman–Crippen MR) is 106 cm³/mol. The van der Waals surface area contributed by atoms with Crippen LogP contribution in [0.15, 0.2) is 24.3 Å². The minimum Gasteiger partial charge on any atom is -0.339 e. The monoisotopic (exact) mass is 379 g/mol. The summed E-state index contributed by atoms with van der Waals surface area (Å²) in [6.07, 6.45) is 4.56. The zero-order valence-corrected chi connectivity index (χ0v) is 16.4. The van der Waals surface area contributed by atoms with E-state index in [9.17, 15) is 14.9 Å². The van der Waals surface area contributed by atoms with Crippen molar-refractivity contribution in [3.63, 3.8) is 0 Å². The van der Waals surface area contributed by atoms with E-state index in [1.807, 2.05) is 4.57 Å². The molecule has 0 radical (unpaired) electrons. The molecule has 146 valence electrons. The van der Waals surface area contributed by atoms with Crippen LogP contribution in [0.5, 0.6) is 0 Å².